The van der Waals surface area contributed by atoms with Crippen LogP contribution in [0.2, 0.25) is 0 Å². The van der Waals surface area contributed by atoms with Crippen LogP contribution in [-0.4, -0.2) is 20.6 Å². The van der Waals surface area contributed by atoms with Gasteiger partial charge in [0.2, 0.25) is 17.6 Å². The summed E-state index contributed by atoms with van der Waals surface area (Å²) in [6.07, 6.45) is 0. The predicted molar refractivity (Wildman–Crippen MR) is 102 cm³/mol. The van der Waals surface area contributed by atoms with Crippen LogP contribution in [0.15, 0.2) is 62.3 Å². The highest BCUT2D eigenvalue weighted by Gasteiger charge is 2.20. The molecule has 0 spiro atoms. The monoisotopic (exact) mass is 378 g/mol. The van der Waals surface area contributed by atoms with E-state index in [1.807, 2.05) is 24.3 Å². The number of rotatable bonds is 5. The third-order valence-electron chi connectivity index (χ3n) is 4.49. The molecule has 0 bridgehead atoms. The van der Waals surface area contributed by atoms with Crippen LogP contribution in [-0.2, 0) is 11.3 Å². The largest absolute Gasteiger partial charge is 0.420 e. The van der Waals surface area contributed by atoms with Gasteiger partial charge in [-0.15, -0.1) is 0 Å². The summed E-state index contributed by atoms with van der Waals surface area (Å²) in [5.74, 6) is 0.199. The summed E-state index contributed by atoms with van der Waals surface area (Å²) in [5.41, 5.74) is 2.79. The molecule has 1 amide bonds. The van der Waals surface area contributed by atoms with Crippen LogP contribution in [0, 0.1) is 6.92 Å². The topological polar surface area (TPSA) is 103 Å². The second-order valence-corrected chi connectivity index (χ2v) is 6.43. The first-order chi connectivity index (χ1) is 13.5. The van der Waals surface area contributed by atoms with Gasteiger partial charge in [-0.1, -0.05) is 41.6 Å². The molecule has 1 N–H and O–H groups in total. The van der Waals surface area contributed by atoms with Gasteiger partial charge >= 0.3 is 5.76 Å². The van der Waals surface area contributed by atoms with Crippen LogP contribution in [0.1, 0.15) is 24.4 Å². The molecule has 0 saturated carbocycles. The van der Waals surface area contributed by atoms with Gasteiger partial charge in [-0.25, -0.2) is 4.79 Å². The molecule has 1 unspecified atom stereocenters. The van der Waals surface area contributed by atoms with Crippen molar-refractivity contribution in [3.63, 3.8) is 0 Å². The average molecular weight is 378 g/mol. The van der Waals surface area contributed by atoms with E-state index in [4.69, 9.17) is 8.94 Å². The number of hydrogen-bond donors (Lipinski definition) is 1. The first-order valence-corrected chi connectivity index (χ1v) is 8.80. The fourth-order valence-electron chi connectivity index (χ4n) is 2.99. The van der Waals surface area contributed by atoms with Crippen LogP contribution >= 0.6 is 0 Å². The Morgan fingerprint density at radius 2 is 1.93 bits per heavy atom. The number of aromatic nitrogens is 3. The molecule has 2 heterocycles. The number of hydrogen-bond acceptors (Lipinski definition) is 6. The minimum atomic E-state index is -0.697. The molecule has 4 rings (SSSR count). The van der Waals surface area contributed by atoms with Crippen molar-refractivity contribution in [1.82, 2.24) is 20.0 Å². The van der Waals surface area contributed by atoms with Crippen molar-refractivity contribution >= 4 is 17.0 Å². The summed E-state index contributed by atoms with van der Waals surface area (Å²) in [4.78, 5) is 28.9. The maximum atomic E-state index is 12.6. The number of carbonyl (C=O) groups is 1. The van der Waals surface area contributed by atoms with E-state index in [0.717, 1.165) is 11.1 Å². The summed E-state index contributed by atoms with van der Waals surface area (Å²) >= 11 is 0. The molecule has 28 heavy (non-hydrogen) atoms. The van der Waals surface area contributed by atoms with Gasteiger partial charge < -0.3 is 14.3 Å². The van der Waals surface area contributed by atoms with Crippen LogP contribution in [0.3, 0.4) is 0 Å². The van der Waals surface area contributed by atoms with E-state index in [0.29, 0.717) is 29.4 Å². The first-order valence-electron chi connectivity index (χ1n) is 8.80. The molecule has 2 aromatic carbocycles. The minimum Gasteiger partial charge on any atom is -0.408 e. The number of carbonyl (C=O) groups excluding carboxylic acids is 1. The van der Waals surface area contributed by atoms with Crippen LogP contribution < -0.4 is 11.1 Å². The zero-order valence-electron chi connectivity index (χ0n) is 15.4. The van der Waals surface area contributed by atoms with E-state index in [2.05, 4.69) is 15.5 Å². The molecule has 0 saturated heterocycles. The molecule has 4 aromatic rings. The van der Waals surface area contributed by atoms with Crippen molar-refractivity contribution in [3.05, 3.63) is 70.5 Å². The Morgan fingerprint density at radius 3 is 2.64 bits per heavy atom. The highest BCUT2D eigenvalue weighted by Crippen LogP contribution is 2.18. The smallest absolute Gasteiger partial charge is 0.408 e. The molecule has 0 radical (unpaired) electrons. The highest BCUT2D eigenvalue weighted by atomic mass is 16.5. The van der Waals surface area contributed by atoms with Crippen molar-refractivity contribution < 1.29 is 13.7 Å². The van der Waals surface area contributed by atoms with Crippen molar-refractivity contribution in [2.75, 3.05) is 0 Å². The standard InChI is InChI=1S/C20H18N4O4/c1-12(24-16-5-3-4-6-17(16)27-20(24)26)19(25)21-11-14-7-9-15(10-8-14)18-22-13(2)28-23-18/h3-10,12H,11H2,1-2H3,(H,21,25). The van der Waals surface area contributed by atoms with E-state index in [1.165, 1.54) is 4.57 Å². The molecule has 0 aliphatic carbocycles. The molecule has 0 fully saturated rings. The second kappa shape index (κ2) is 7.15. The number of nitrogens with one attached hydrogen (secondary N) is 1. The molecule has 0 aliphatic heterocycles. The molecule has 142 valence electrons. The number of benzene rings is 2. The maximum absolute atomic E-state index is 12.6. The normalized spacial score (nSPS) is 12.2. The van der Waals surface area contributed by atoms with E-state index >= 15 is 0 Å². The third kappa shape index (κ3) is 3.32. The van der Waals surface area contributed by atoms with Crippen molar-refractivity contribution in [3.8, 4) is 11.4 Å². The molecular weight excluding hydrogens is 360 g/mol. The number of nitrogens with zero attached hydrogens (tertiary/aromatic N) is 3. The Labute approximate surface area is 159 Å². The summed E-state index contributed by atoms with van der Waals surface area (Å²) < 4.78 is 11.5. The fraction of sp³-hybridized carbons (Fsp3) is 0.200. The summed E-state index contributed by atoms with van der Waals surface area (Å²) in [7, 11) is 0. The molecule has 8 nitrogen and oxygen atoms in total. The second-order valence-electron chi connectivity index (χ2n) is 6.43. The average Bonchev–Trinajstić information content (AvgIpc) is 3.28. The molecule has 1 atom stereocenters. The van der Waals surface area contributed by atoms with Crippen LogP contribution in [0.5, 0.6) is 0 Å². The number of aryl methyl sites for hydroxylation is 1. The lowest BCUT2D eigenvalue weighted by Gasteiger charge is -2.13. The summed E-state index contributed by atoms with van der Waals surface area (Å²) in [6, 6.07) is 13.8. The maximum Gasteiger partial charge on any atom is 0.420 e. The first kappa shape index (κ1) is 17.7. The van der Waals surface area contributed by atoms with E-state index in [1.54, 1.807) is 38.1 Å². The Hall–Kier alpha value is -3.68. The van der Waals surface area contributed by atoms with Gasteiger partial charge in [0, 0.05) is 19.0 Å². The Balaban J connectivity index is 1.45. The third-order valence-corrected chi connectivity index (χ3v) is 4.49. The van der Waals surface area contributed by atoms with Gasteiger partial charge in [-0.2, -0.15) is 4.98 Å². The number of amides is 1. The van der Waals surface area contributed by atoms with E-state index in [-0.39, 0.29) is 5.91 Å². The Morgan fingerprint density at radius 1 is 1.18 bits per heavy atom. The fourth-order valence-corrected chi connectivity index (χ4v) is 2.99. The quantitative estimate of drug-likeness (QED) is 0.573. The lowest BCUT2D eigenvalue weighted by Crippen LogP contribution is -2.34. The minimum absolute atomic E-state index is 0.272. The zero-order chi connectivity index (χ0) is 19.7. The van der Waals surface area contributed by atoms with Crippen molar-refractivity contribution in [2.45, 2.75) is 26.4 Å². The van der Waals surface area contributed by atoms with Crippen LogP contribution in [0.4, 0.5) is 0 Å². The van der Waals surface area contributed by atoms with E-state index in [9.17, 15) is 9.59 Å². The van der Waals surface area contributed by atoms with Crippen molar-refractivity contribution in [2.24, 2.45) is 0 Å². The SMILES string of the molecule is Cc1nc(-c2ccc(CNC(=O)C(C)n3c(=O)oc4ccccc43)cc2)no1. The number of oxazole rings is 1. The van der Waals surface area contributed by atoms with Gasteiger partial charge in [0.05, 0.1) is 5.52 Å². The van der Waals surface area contributed by atoms with E-state index < -0.39 is 11.8 Å². The Kier molecular flexibility index (Phi) is 4.52. The van der Waals surface area contributed by atoms with Gasteiger partial charge in [0.1, 0.15) is 6.04 Å². The Bertz CT molecular complexity index is 1190. The summed E-state index contributed by atoms with van der Waals surface area (Å²) in [6.45, 7) is 3.73. The lowest BCUT2D eigenvalue weighted by molar-refractivity contribution is -0.124. The zero-order valence-corrected chi connectivity index (χ0v) is 15.4. The van der Waals surface area contributed by atoms with Gasteiger partial charge in [-0.3, -0.25) is 9.36 Å². The van der Waals surface area contributed by atoms with Crippen molar-refractivity contribution in [1.29, 1.82) is 0 Å². The molecule has 0 aliphatic rings. The van der Waals surface area contributed by atoms with Gasteiger partial charge in [-0.05, 0) is 24.6 Å². The number of fused-ring (bicyclic) bond motifs is 1. The van der Waals surface area contributed by atoms with Gasteiger partial charge in [0.25, 0.3) is 0 Å². The lowest BCUT2D eigenvalue weighted by atomic mass is 10.1. The molecule has 2 aromatic heterocycles. The summed E-state index contributed by atoms with van der Waals surface area (Å²) in [5, 5.41) is 6.73. The van der Waals surface area contributed by atoms with Crippen LogP contribution in [0.25, 0.3) is 22.5 Å². The van der Waals surface area contributed by atoms with Gasteiger partial charge in [0.15, 0.2) is 5.58 Å². The number of para-hydroxylation sites is 2. The highest BCUT2D eigenvalue weighted by molar-refractivity contribution is 5.82. The molecular formula is C20H18N4O4. The predicted octanol–water partition coefficient (Wildman–Crippen LogP) is 2.83. The molecule has 8 heteroatoms.